The summed E-state index contributed by atoms with van der Waals surface area (Å²) in [6, 6.07) is 40.4. The SMILES string of the molecule is C[N+](C)=C1NC(N)=NC(c2ccc(OCP(I)(c3ccccc3)(c3ccccc3)c3ccccc3)cc2)N1.[Cl-]. The Morgan fingerprint density at radius 1 is 0.795 bits per heavy atom. The molecule has 0 spiro atoms. The van der Waals surface area contributed by atoms with Crippen molar-refractivity contribution >= 4 is 54.1 Å². The molecule has 9 heteroatoms. The van der Waals surface area contributed by atoms with Crippen LogP contribution in [0.25, 0.3) is 0 Å². The Labute approximate surface area is 249 Å². The Balaban J connectivity index is 0.00000353. The van der Waals surface area contributed by atoms with E-state index in [1.165, 1.54) is 15.9 Å². The van der Waals surface area contributed by atoms with Crippen LogP contribution in [0.15, 0.2) is 120 Å². The fourth-order valence-electron chi connectivity index (χ4n) is 4.72. The molecule has 6 nitrogen and oxygen atoms in total. The fraction of sp³-hybridized carbons (Fsp3) is 0.133. The summed E-state index contributed by atoms with van der Waals surface area (Å²) in [5, 5.41) is 10.3. The van der Waals surface area contributed by atoms with Crippen LogP contribution in [0.4, 0.5) is 0 Å². The molecule has 39 heavy (non-hydrogen) atoms. The minimum Gasteiger partial charge on any atom is -1.00 e. The molecule has 0 bridgehead atoms. The van der Waals surface area contributed by atoms with Crippen LogP contribution in [0.1, 0.15) is 11.7 Å². The molecule has 1 aliphatic heterocycles. The summed E-state index contributed by atoms with van der Waals surface area (Å²) in [7, 11) is 3.90. The van der Waals surface area contributed by atoms with Crippen molar-refractivity contribution in [1.29, 1.82) is 0 Å². The van der Waals surface area contributed by atoms with Gasteiger partial charge in [0.2, 0.25) is 0 Å². The van der Waals surface area contributed by atoms with Gasteiger partial charge in [-0.25, -0.2) is 0 Å². The Hall–Kier alpha value is -3.13. The van der Waals surface area contributed by atoms with Crippen LogP contribution in [0.5, 0.6) is 5.75 Å². The molecule has 4 aromatic rings. The molecule has 1 aliphatic rings. The third-order valence-electron chi connectivity index (χ3n) is 6.79. The van der Waals surface area contributed by atoms with Crippen LogP contribution < -0.4 is 49.4 Å². The van der Waals surface area contributed by atoms with Gasteiger partial charge in [0, 0.05) is 0 Å². The number of nitrogens with zero attached hydrogens (tertiary/aromatic N) is 2. The molecule has 1 unspecified atom stereocenters. The minimum absolute atomic E-state index is 0. The maximum Gasteiger partial charge on any atom is -1.00 e. The number of hydrogen-bond acceptors (Lipinski definition) is 3. The van der Waals surface area contributed by atoms with Crippen molar-refractivity contribution in [1.82, 2.24) is 10.6 Å². The fourth-order valence-corrected chi connectivity index (χ4v) is 12.1. The van der Waals surface area contributed by atoms with E-state index in [-0.39, 0.29) is 18.6 Å². The number of halogens is 2. The third-order valence-corrected chi connectivity index (χ3v) is 17.4. The van der Waals surface area contributed by atoms with Gasteiger partial charge in [-0.1, -0.05) is 0 Å². The number of rotatable bonds is 7. The van der Waals surface area contributed by atoms with Crippen LogP contribution in [0.3, 0.4) is 0 Å². The monoisotopic (exact) mass is 671 g/mol. The summed E-state index contributed by atoms with van der Waals surface area (Å²) < 4.78 is 5.62. The minimum atomic E-state index is -3.02. The average molecular weight is 672 g/mol. The van der Waals surface area contributed by atoms with Gasteiger partial charge in [-0.3, -0.25) is 0 Å². The molecule has 1 atom stereocenters. The molecule has 5 rings (SSSR count). The zero-order valence-electron chi connectivity index (χ0n) is 21.8. The van der Waals surface area contributed by atoms with Crippen molar-refractivity contribution < 1.29 is 21.7 Å². The number of nitrogens with two attached hydrogens (primary N) is 1. The molecule has 0 amide bonds. The van der Waals surface area contributed by atoms with E-state index < -0.39 is 4.25 Å². The summed E-state index contributed by atoms with van der Waals surface area (Å²) in [6.45, 7) is 0. The molecule has 4 N–H and O–H groups in total. The molecule has 1 heterocycles. The predicted molar refractivity (Wildman–Crippen MR) is 169 cm³/mol. The second-order valence-corrected chi connectivity index (χ2v) is 20.0. The quantitative estimate of drug-likeness (QED) is 0.156. The first kappa shape index (κ1) is 28.9. The van der Waals surface area contributed by atoms with E-state index in [1.807, 2.05) is 42.9 Å². The normalized spacial score (nSPS) is 15.9. The molecule has 0 aliphatic carbocycles. The van der Waals surface area contributed by atoms with Gasteiger partial charge in [0.05, 0.1) is 0 Å². The largest absolute Gasteiger partial charge is 1.00 e. The van der Waals surface area contributed by atoms with E-state index >= 15 is 0 Å². The number of hydrogen-bond donors (Lipinski definition) is 3. The third kappa shape index (κ3) is 5.62. The summed E-state index contributed by atoms with van der Waals surface area (Å²) in [5.74, 6) is 2.00. The first-order valence-corrected chi connectivity index (χ1v) is 17.6. The number of benzene rings is 4. The summed E-state index contributed by atoms with van der Waals surface area (Å²) in [4.78, 5) is 4.52. The van der Waals surface area contributed by atoms with Crippen molar-refractivity contribution in [2.45, 2.75) is 6.17 Å². The Morgan fingerprint density at radius 2 is 1.26 bits per heavy atom. The second kappa shape index (κ2) is 11.9. The van der Waals surface area contributed by atoms with Gasteiger partial charge < -0.3 is 12.4 Å². The molecule has 0 radical (unpaired) electrons. The zero-order valence-corrected chi connectivity index (χ0v) is 25.6. The zero-order chi connectivity index (χ0) is 26.6. The van der Waals surface area contributed by atoms with E-state index in [9.17, 15) is 0 Å². The molecule has 0 fully saturated rings. The Kier molecular flexibility index (Phi) is 8.84. The number of guanidine groups is 2. The molecular weight excluding hydrogens is 640 g/mol. The molecular formula is C30H32ClIN5OP. The first-order valence-electron chi connectivity index (χ1n) is 12.4. The van der Waals surface area contributed by atoms with Gasteiger partial charge >= 0.3 is 238 Å². The van der Waals surface area contributed by atoms with Gasteiger partial charge in [-0.05, 0) is 0 Å². The molecule has 0 saturated carbocycles. The molecule has 4 aromatic carbocycles. The summed E-state index contributed by atoms with van der Waals surface area (Å²) in [5.41, 5.74) is 7.03. The molecule has 0 saturated heterocycles. The smallest absolute Gasteiger partial charge is 1.00 e. The van der Waals surface area contributed by atoms with E-state index in [4.69, 9.17) is 10.5 Å². The van der Waals surface area contributed by atoms with Gasteiger partial charge in [-0.2, -0.15) is 0 Å². The van der Waals surface area contributed by atoms with Crippen LogP contribution in [-0.4, -0.2) is 36.9 Å². The molecule has 202 valence electrons. The van der Waals surface area contributed by atoms with Crippen molar-refractivity contribution in [3.63, 3.8) is 0 Å². The first-order chi connectivity index (χ1) is 18.4. The van der Waals surface area contributed by atoms with E-state index in [0.29, 0.717) is 12.3 Å². The summed E-state index contributed by atoms with van der Waals surface area (Å²) in [6.07, 6.45) is 0.253. The predicted octanol–water partition coefficient (Wildman–Crippen LogP) is 1.04. The Morgan fingerprint density at radius 3 is 1.69 bits per heavy atom. The topological polar surface area (TPSA) is 74.7 Å². The van der Waals surface area contributed by atoms with Crippen molar-refractivity contribution in [3.8, 4) is 5.75 Å². The number of ether oxygens (including phenoxy) is 1. The standard InChI is InChI=1S/C30H31IN5OP.ClH/c1-36(2)30-34-28(33-29(32)35-30)23-18-20-24(21-19-23)37-22-38(31,25-12-6-3-7-13-25,26-14-8-4-9-15-26)27-16-10-5-11-17-27;/h3-21,28H,22H2,1-2H3,(H3,32,33,34,35);1H. The maximum atomic E-state index is 6.70. The number of nitrogens with one attached hydrogen (secondary N) is 2. The molecule has 0 aromatic heterocycles. The van der Waals surface area contributed by atoms with Gasteiger partial charge in [0.15, 0.2) is 0 Å². The van der Waals surface area contributed by atoms with Crippen molar-refractivity contribution in [3.05, 3.63) is 121 Å². The average Bonchev–Trinajstić information content (AvgIpc) is 2.97. The number of aliphatic imine (C=N–C) groups is 1. The van der Waals surface area contributed by atoms with Crippen molar-refractivity contribution in [2.75, 3.05) is 20.4 Å². The maximum absolute atomic E-state index is 6.70. The Bertz CT molecular complexity index is 1360. The van der Waals surface area contributed by atoms with Crippen LogP contribution >= 0.6 is 26.3 Å². The van der Waals surface area contributed by atoms with E-state index in [2.05, 4.69) is 129 Å². The van der Waals surface area contributed by atoms with Gasteiger partial charge in [-0.15, -0.1) is 0 Å². The summed E-state index contributed by atoms with van der Waals surface area (Å²) >= 11 is 2.73. The van der Waals surface area contributed by atoms with E-state index in [0.717, 1.165) is 17.3 Å². The van der Waals surface area contributed by atoms with Crippen LogP contribution in [0, 0.1) is 0 Å². The van der Waals surface area contributed by atoms with Crippen LogP contribution in [-0.2, 0) is 0 Å². The van der Waals surface area contributed by atoms with Crippen LogP contribution in [0.2, 0.25) is 0 Å². The van der Waals surface area contributed by atoms with Gasteiger partial charge in [0.1, 0.15) is 0 Å². The van der Waals surface area contributed by atoms with Crippen molar-refractivity contribution in [2.24, 2.45) is 10.7 Å². The van der Waals surface area contributed by atoms with Gasteiger partial charge in [0.25, 0.3) is 0 Å². The van der Waals surface area contributed by atoms with E-state index in [1.54, 1.807) is 0 Å². The second-order valence-electron chi connectivity index (χ2n) is 9.46.